The average molecular weight is 232 g/mol. The van der Waals surface area contributed by atoms with Crippen molar-refractivity contribution in [3.05, 3.63) is 53.7 Å². The molecule has 1 aromatic rings. The smallest absolute Gasteiger partial charge is 0.166 e. The summed E-state index contributed by atoms with van der Waals surface area (Å²) in [5.74, 6) is -1.87. The molecular weight excluding hydrogens is 222 g/mol. The van der Waals surface area contributed by atoms with E-state index in [4.69, 9.17) is 5.26 Å². The standard InChI is InChI=1S/C13H10F2N2/c1-8-4-5-11(13(15)12(8)14)9(2)7-17-10(3)6-16/h4-5,7H,2-3H2,1H3/b17-7+. The number of nitrogens with zero attached hydrogens (tertiary/aromatic N) is 2. The summed E-state index contributed by atoms with van der Waals surface area (Å²) >= 11 is 0. The number of aryl methyl sites for hydroxylation is 1. The minimum Gasteiger partial charge on any atom is -0.246 e. The van der Waals surface area contributed by atoms with Crippen molar-refractivity contribution in [2.75, 3.05) is 0 Å². The van der Waals surface area contributed by atoms with E-state index in [-0.39, 0.29) is 22.4 Å². The molecule has 0 amide bonds. The van der Waals surface area contributed by atoms with E-state index in [9.17, 15) is 8.78 Å². The molecule has 0 heterocycles. The van der Waals surface area contributed by atoms with Gasteiger partial charge in [0.2, 0.25) is 0 Å². The van der Waals surface area contributed by atoms with Crippen LogP contribution in [-0.4, -0.2) is 6.21 Å². The van der Waals surface area contributed by atoms with Crippen LogP contribution in [0, 0.1) is 29.9 Å². The largest absolute Gasteiger partial charge is 0.246 e. The first-order valence-corrected chi connectivity index (χ1v) is 4.74. The van der Waals surface area contributed by atoms with Gasteiger partial charge in [-0.25, -0.2) is 13.8 Å². The molecule has 0 N–H and O–H groups in total. The Labute approximate surface area is 98.2 Å². The molecule has 0 aliphatic carbocycles. The molecule has 0 aromatic heterocycles. The molecule has 0 spiro atoms. The zero-order chi connectivity index (χ0) is 13.0. The van der Waals surface area contributed by atoms with Gasteiger partial charge in [0.25, 0.3) is 0 Å². The van der Waals surface area contributed by atoms with E-state index in [1.165, 1.54) is 25.3 Å². The predicted octanol–water partition coefficient (Wildman–Crippen LogP) is 3.39. The van der Waals surface area contributed by atoms with Gasteiger partial charge in [0.05, 0.1) is 0 Å². The molecule has 0 saturated heterocycles. The lowest BCUT2D eigenvalue weighted by Crippen LogP contribution is -1.96. The molecule has 1 rings (SSSR count). The van der Waals surface area contributed by atoms with Gasteiger partial charge in [0, 0.05) is 11.8 Å². The van der Waals surface area contributed by atoms with Crippen LogP contribution in [0.2, 0.25) is 0 Å². The van der Waals surface area contributed by atoms with E-state index in [0.717, 1.165) is 0 Å². The van der Waals surface area contributed by atoms with E-state index in [1.807, 2.05) is 0 Å². The van der Waals surface area contributed by atoms with Crippen molar-refractivity contribution < 1.29 is 8.78 Å². The van der Waals surface area contributed by atoms with Crippen molar-refractivity contribution in [2.45, 2.75) is 6.92 Å². The van der Waals surface area contributed by atoms with Crippen molar-refractivity contribution >= 4 is 11.8 Å². The van der Waals surface area contributed by atoms with Crippen molar-refractivity contribution in [2.24, 2.45) is 4.99 Å². The summed E-state index contributed by atoms with van der Waals surface area (Å²) in [4.78, 5) is 3.64. The highest BCUT2D eigenvalue weighted by Gasteiger charge is 2.11. The Morgan fingerprint density at radius 3 is 2.59 bits per heavy atom. The minimum atomic E-state index is -0.969. The van der Waals surface area contributed by atoms with Crippen molar-refractivity contribution in [3.8, 4) is 6.07 Å². The van der Waals surface area contributed by atoms with E-state index in [2.05, 4.69) is 18.2 Å². The van der Waals surface area contributed by atoms with Crippen LogP contribution in [0.15, 0.2) is 36.0 Å². The van der Waals surface area contributed by atoms with Crippen molar-refractivity contribution in [1.82, 2.24) is 0 Å². The van der Waals surface area contributed by atoms with Crippen LogP contribution in [0.25, 0.3) is 5.57 Å². The Bertz CT molecular complexity index is 551. The first kappa shape index (κ1) is 12.8. The summed E-state index contributed by atoms with van der Waals surface area (Å²) in [5.41, 5.74) is 0.386. The van der Waals surface area contributed by atoms with E-state index in [1.54, 1.807) is 6.07 Å². The van der Waals surface area contributed by atoms with Crippen molar-refractivity contribution in [1.29, 1.82) is 5.26 Å². The Kier molecular flexibility index (Phi) is 3.89. The summed E-state index contributed by atoms with van der Waals surface area (Å²) in [5, 5.41) is 8.43. The highest BCUT2D eigenvalue weighted by atomic mass is 19.2. The molecule has 86 valence electrons. The molecule has 0 aliphatic heterocycles. The number of rotatable bonds is 3. The maximum atomic E-state index is 13.5. The summed E-state index contributed by atoms with van der Waals surface area (Å²) in [7, 11) is 0. The summed E-state index contributed by atoms with van der Waals surface area (Å²) in [6, 6.07) is 4.57. The molecule has 0 fully saturated rings. The van der Waals surface area contributed by atoms with E-state index in [0.29, 0.717) is 0 Å². The molecule has 0 aliphatic rings. The molecule has 0 atom stereocenters. The summed E-state index contributed by atoms with van der Waals surface area (Å²) in [6.45, 7) is 8.35. The lowest BCUT2D eigenvalue weighted by atomic mass is 10.1. The Hall–Kier alpha value is -2.28. The number of halogens is 2. The van der Waals surface area contributed by atoms with Gasteiger partial charge in [-0.2, -0.15) is 5.26 Å². The molecule has 0 bridgehead atoms. The first-order chi connectivity index (χ1) is 7.97. The third-order valence-electron chi connectivity index (χ3n) is 2.13. The summed E-state index contributed by atoms with van der Waals surface area (Å²) < 4.78 is 26.8. The van der Waals surface area contributed by atoms with Crippen LogP contribution >= 0.6 is 0 Å². The maximum absolute atomic E-state index is 13.5. The fourth-order valence-electron chi connectivity index (χ4n) is 1.15. The Balaban J connectivity index is 3.07. The topological polar surface area (TPSA) is 36.1 Å². The lowest BCUT2D eigenvalue weighted by Gasteiger charge is -2.05. The lowest BCUT2D eigenvalue weighted by molar-refractivity contribution is 0.501. The molecule has 0 unspecified atom stereocenters. The second-order valence-corrected chi connectivity index (χ2v) is 3.40. The highest BCUT2D eigenvalue weighted by molar-refractivity contribution is 6.09. The normalized spacial score (nSPS) is 10.2. The first-order valence-electron chi connectivity index (χ1n) is 4.74. The van der Waals surface area contributed by atoms with Gasteiger partial charge < -0.3 is 0 Å². The van der Waals surface area contributed by atoms with Gasteiger partial charge >= 0.3 is 0 Å². The Morgan fingerprint density at radius 2 is 2.00 bits per heavy atom. The van der Waals surface area contributed by atoms with Crippen LogP contribution in [0.4, 0.5) is 8.78 Å². The Morgan fingerprint density at radius 1 is 1.35 bits per heavy atom. The molecule has 2 nitrogen and oxygen atoms in total. The average Bonchev–Trinajstić information content (AvgIpc) is 2.32. The number of hydrogen-bond acceptors (Lipinski definition) is 2. The number of hydrogen-bond donors (Lipinski definition) is 0. The minimum absolute atomic E-state index is 0.0163. The molecule has 0 saturated carbocycles. The van der Waals surface area contributed by atoms with Crippen LogP contribution < -0.4 is 0 Å². The van der Waals surface area contributed by atoms with Crippen LogP contribution in [0.1, 0.15) is 11.1 Å². The van der Waals surface area contributed by atoms with E-state index < -0.39 is 11.6 Å². The zero-order valence-corrected chi connectivity index (χ0v) is 9.30. The van der Waals surface area contributed by atoms with Gasteiger partial charge in [-0.05, 0) is 18.1 Å². The molecule has 4 heteroatoms. The molecule has 1 aromatic carbocycles. The fourth-order valence-corrected chi connectivity index (χ4v) is 1.15. The second-order valence-electron chi connectivity index (χ2n) is 3.40. The second kappa shape index (κ2) is 5.17. The number of aliphatic imine (C=N–C) groups is 1. The SMILES string of the molecule is C=C(C#N)/N=C/C(=C)c1ccc(C)c(F)c1F. The number of nitriles is 1. The van der Waals surface area contributed by atoms with E-state index >= 15 is 0 Å². The van der Waals surface area contributed by atoms with Gasteiger partial charge in [0.15, 0.2) is 11.6 Å². The highest BCUT2D eigenvalue weighted by Crippen LogP contribution is 2.20. The molecule has 0 radical (unpaired) electrons. The third-order valence-corrected chi connectivity index (χ3v) is 2.13. The van der Waals surface area contributed by atoms with Crippen LogP contribution in [0.5, 0.6) is 0 Å². The molecule has 17 heavy (non-hydrogen) atoms. The quantitative estimate of drug-likeness (QED) is 0.581. The molecular formula is C13H10F2N2. The zero-order valence-electron chi connectivity index (χ0n) is 9.30. The van der Waals surface area contributed by atoms with Gasteiger partial charge in [-0.3, -0.25) is 0 Å². The summed E-state index contributed by atoms with van der Waals surface area (Å²) in [6.07, 6.45) is 1.18. The van der Waals surface area contributed by atoms with Gasteiger partial charge in [0.1, 0.15) is 11.8 Å². The van der Waals surface area contributed by atoms with Crippen molar-refractivity contribution in [3.63, 3.8) is 0 Å². The monoisotopic (exact) mass is 232 g/mol. The maximum Gasteiger partial charge on any atom is 0.166 e. The fraction of sp³-hybridized carbons (Fsp3) is 0.0769. The number of benzene rings is 1. The third kappa shape index (κ3) is 2.85. The number of allylic oxidation sites excluding steroid dienone is 2. The van der Waals surface area contributed by atoms with Gasteiger partial charge in [-0.1, -0.05) is 25.3 Å². The van der Waals surface area contributed by atoms with Crippen LogP contribution in [-0.2, 0) is 0 Å². The van der Waals surface area contributed by atoms with Crippen LogP contribution in [0.3, 0.4) is 0 Å². The predicted molar refractivity (Wildman–Crippen MR) is 63.4 cm³/mol. The van der Waals surface area contributed by atoms with Gasteiger partial charge in [-0.15, -0.1) is 0 Å².